The van der Waals surface area contributed by atoms with Crippen LogP contribution in [-0.2, 0) is 4.79 Å². The Bertz CT molecular complexity index is 158. The lowest BCUT2D eigenvalue weighted by Crippen LogP contribution is -2.40. The third-order valence-electron chi connectivity index (χ3n) is 2.52. The molecule has 1 rings (SSSR count). The van der Waals surface area contributed by atoms with Crippen LogP contribution in [0.2, 0.25) is 0 Å². The molecule has 0 heterocycles. The number of rotatable bonds is 1. The number of aliphatic carboxylic acids is 1. The summed E-state index contributed by atoms with van der Waals surface area (Å²) in [6.07, 6.45) is 2.52. The van der Waals surface area contributed by atoms with E-state index in [4.69, 9.17) is 10.8 Å². The van der Waals surface area contributed by atoms with Gasteiger partial charge in [0.05, 0.1) is 5.41 Å². The Morgan fingerprint density at radius 3 is 2.60 bits per heavy atom. The molecule has 1 saturated carbocycles. The van der Waals surface area contributed by atoms with Gasteiger partial charge in [0.2, 0.25) is 0 Å². The smallest absolute Gasteiger partial charge is 0.310 e. The van der Waals surface area contributed by atoms with Gasteiger partial charge in [-0.25, -0.2) is 0 Å². The van der Waals surface area contributed by atoms with Crippen molar-refractivity contribution in [2.45, 2.75) is 32.2 Å². The quantitative estimate of drug-likeness (QED) is 0.564. The van der Waals surface area contributed by atoms with Crippen LogP contribution in [0.1, 0.15) is 26.2 Å². The largest absolute Gasteiger partial charge is 0.481 e. The average Bonchev–Trinajstić information content (AvgIpc) is 2.15. The Hall–Kier alpha value is -0.570. The van der Waals surface area contributed by atoms with Gasteiger partial charge in [0.15, 0.2) is 0 Å². The second kappa shape index (κ2) is 2.23. The zero-order valence-corrected chi connectivity index (χ0v) is 6.13. The molecule has 0 radical (unpaired) electrons. The fourth-order valence-electron chi connectivity index (χ4n) is 1.46. The summed E-state index contributed by atoms with van der Waals surface area (Å²) in [5.41, 5.74) is 4.98. The number of carboxylic acid groups (broad SMARTS) is 1. The van der Waals surface area contributed by atoms with Crippen molar-refractivity contribution >= 4 is 5.97 Å². The summed E-state index contributed by atoms with van der Waals surface area (Å²) in [5, 5.41) is 8.76. The Labute approximate surface area is 60.2 Å². The van der Waals surface area contributed by atoms with Crippen LogP contribution in [0.5, 0.6) is 0 Å². The summed E-state index contributed by atoms with van der Waals surface area (Å²) in [5.74, 6) is -0.752. The van der Waals surface area contributed by atoms with Crippen molar-refractivity contribution < 1.29 is 9.90 Å². The lowest BCUT2D eigenvalue weighted by molar-refractivity contribution is -0.148. The van der Waals surface area contributed by atoms with Gasteiger partial charge in [-0.3, -0.25) is 4.79 Å². The molecule has 3 nitrogen and oxygen atoms in total. The van der Waals surface area contributed by atoms with Crippen LogP contribution in [-0.4, -0.2) is 17.1 Å². The Morgan fingerprint density at radius 1 is 1.80 bits per heavy atom. The van der Waals surface area contributed by atoms with E-state index in [0.717, 1.165) is 19.3 Å². The van der Waals surface area contributed by atoms with Gasteiger partial charge in [-0.05, 0) is 19.8 Å². The fraction of sp³-hybridized carbons (Fsp3) is 0.857. The molecule has 0 aromatic rings. The molecule has 0 aliphatic heterocycles. The summed E-state index contributed by atoms with van der Waals surface area (Å²) in [4.78, 5) is 10.7. The van der Waals surface area contributed by atoms with Crippen LogP contribution >= 0.6 is 0 Å². The zero-order valence-electron chi connectivity index (χ0n) is 6.13. The van der Waals surface area contributed by atoms with Gasteiger partial charge >= 0.3 is 5.97 Å². The molecule has 0 spiro atoms. The van der Waals surface area contributed by atoms with E-state index in [1.54, 1.807) is 6.92 Å². The number of hydrogen-bond acceptors (Lipinski definition) is 2. The second-order valence-corrected chi connectivity index (χ2v) is 3.22. The predicted octanol–water partition coefficient (Wildman–Crippen LogP) is 0.589. The molecule has 0 saturated heterocycles. The third kappa shape index (κ3) is 0.904. The topological polar surface area (TPSA) is 63.3 Å². The van der Waals surface area contributed by atoms with Gasteiger partial charge in [-0.2, -0.15) is 0 Å². The van der Waals surface area contributed by atoms with Gasteiger partial charge in [0, 0.05) is 6.04 Å². The standard InChI is InChI=1S/C7H13NO2/c1-7(6(9)10)4-2-3-5(7)8/h5H,2-4,8H2,1H3,(H,9,10)/t5-,7+/m0/s1. The molecule has 2 atom stereocenters. The monoisotopic (exact) mass is 143 g/mol. The SMILES string of the molecule is C[C@@]1(C(=O)O)CCC[C@@H]1N. The maximum Gasteiger partial charge on any atom is 0.310 e. The highest BCUT2D eigenvalue weighted by molar-refractivity contribution is 5.75. The van der Waals surface area contributed by atoms with E-state index in [0.29, 0.717) is 0 Å². The van der Waals surface area contributed by atoms with Crippen LogP contribution in [0.3, 0.4) is 0 Å². The molecular weight excluding hydrogens is 130 g/mol. The van der Waals surface area contributed by atoms with E-state index >= 15 is 0 Å². The first kappa shape index (κ1) is 7.54. The first-order valence-electron chi connectivity index (χ1n) is 3.56. The predicted molar refractivity (Wildman–Crippen MR) is 37.6 cm³/mol. The maximum atomic E-state index is 10.7. The number of carboxylic acids is 1. The van der Waals surface area contributed by atoms with E-state index in [-0.39, 0.29) is 6.04 Å². The molecule has 0 bridgehead atoms. The highest BCUT2D eigenvalue weighted by Crippen LogP contribution is 2.36. The Morgan fingerprint density at radius 2 is 2.40 bits per heavy atom. The molecule has 58 valence electrons. The van der Waals surface area contributed by atoms with Crippen LogP contribution in [0.4, 0.5) is 0 Å². The van der Waals surface area contributed by atoms with Crippen molar-refractivity contribution in [3.05, 3.63) is 0 Å². The van der Waals surface area contributed by atoms with Crippen molar-refractivity contribution in [3.63, 3.8) is 0 Å². The van der Waals surface area contributed by atoms with Crippen LogP contribution in [0, 0.1) is 5.41 Å². The van der Waals surface area contributed by atoms with Crippen molar-refractivity contribution in [3.8, 4) is 0 Å². The summed E-state index contributed by atoms with van der Waals surface area (Å²) < 4.78 is 0. The molecule has 0 unspecified atom stereocenters. The average molecular weight is 143 g/mol. The molecule has 1 fully saturated rings. The highest BCUT2D eigenvalue weighted by Gasteiger charge is 2.42. The molecule has 3 heteroatoms. The van der Waals surface area contributed by atoms with Gasteiger partial charge in [-0.15, -0.1) is 0 Å². The third-order valence-corrected chi connectivity index (χ3v) is 2.52. The second-order valence-electron chi connectivity index (χ2n) is 3.22. The Kier molecular flexibility index (Phi) is 1.68. The summed E-state index contributed by atoms with van der Waals surface area (Å²) in [7, 11) is 0. The van der Waals surface area contributed by atoms with E-state index < -0.39 is 11.4 Å². The molecule has 3 N–H and O–H groups in total. The normalized spacial score (nSPS) is 40.0. The van der Waals surface area contributed by atoms with Gasteiger partial charge in [0.1, 0.15) is 0 Å². The molecule has 0 aromatic carbocycles. The van der Waals surface area contributed by atoms with Crippen molar-refractivity contribution in [2.75, 3.05) is 0 Å². The lowest BCUT2D eigenvalue weighted by Gasteiger charge is -2.22. The molecule has 1 aliphatic rings. The van der Waals surface area contributed by atoms with Crippen LogP contribution in [0.25, 0.3) is 0 Å². The number of hydrogen-bond donors (Lipinski definition) is 2. The summed E-state index contributed by atoms with van der Waals surface area (Å²) in [6.45, 7) is 1.73. The molecule has 1 aliphatic carbocycles. The van der Waals surface area contributed by atoms with E-state index in [2.05, 4.69) is 0 Å². The minimum absolute atomic E-state index is 0.148. The van der Waals surface area contributed by atoms with Crippen molar-refractivity contribution in [1.29, 1.82) is 0 Å². The van der Waals surface area contributed by atoms with E-state index in [9.17, 15) is 4.79 Å². The zero-order chi connectivity index (χ0) is 7.78. The number of nitrogens with two attached hydrogens (primary N) is 1. The van der Waals surface area contributed by atoms with Crippen LogP contribution in [0.15, 0.2) is 0 Å². The first-order valence-corrected chi connectivity index (χ1v) is 3.56. The summed E-state index contributed by atoms with van der Waals surface area (Å²) in [6, 6.07) is -0.148. The first-order chi connectivity index (χ1) is 4.57. The van der Waals surface area contributed by atoms with Crippen molar-refractivity contribution in [2.24, 2.45) is 11.1 Å². The molecule has 0 amide bonds. The van der Waals surface area contributed by atoms with E-state index in [1.165, 1.54) is 0 Å². The number of carbonyl (C=O) groups is 1. The lowest BCUT2D eigenvalue weighted by atomic mass is 9.86. The molecule has 10 heavy (non-hydrogen) atoms. The van der Waals surface area contributed by atoms with Gasteiger partial charge in [0.25, 0.3) is 0 Å². The minimum Gasteiger partial charge on any atom is -0.481 e. The fourth-order valence-corrected chi connectivity index (χ4v) is 1.46. The van der Waals surface area contributed by atoms with Gasteiger partial charge in [-0.1, -0.05) is 6.42 Å². The van der Waals surface area contributed by atoms with E-state index in [1.807, 2.05) is 0 Å². The Balaban J connectivity index is 2.75. The van der Waals surface area contributed by atoms with Crippen LogP contribution < -0.4 is 5.73 Å². The maximum absolute atomic E-state index is 10.7. The van der Waals surface area contributed by atoms with Crippen molar-refractivity contribution in [1.82, 2.24) is 0 Å². The minimum atomic E-state index is -0.752. The summed E-state index contributed by atoms with van der Waals surface area (Å²) >= 11 is 0. The molecular formula is C7H13NO2. The molecule has 0 aromatic heterocycles. The van der Waals surface area contributed by atoms with Gasteiger partial charge < -0.3 is 10.8 Å². The highest BCUT2D eigenvalue weighted by atomic mass is 16.4.